The van der Waals surface area contributed by atoms with Crippen LogP contribution in [-0.4, -0.2) is 64.4 Å². The Kier molecular flexibility index (Phi) is 9.18. The Labute approximate surface area is 98.1 Å². The van der Waals surface area contributed by atoms with Gasteiger partial charge in [-0.1, -0.05) is 0 Å². The number of methoxy groups -OCH3 is 1. The van der Waals surface area contributed by atoms with Crippen molar-refractivity contribution in [1.82, 2.24) is 10.2 Å². The molecule has 96 valence electrons. The number of carbonyl (C=O) groups is 1. The molecule has 0 rings (SSSR count). The van der Waals surface area contributed by atoms with Crippen LogP contribution in [0.1, 0.15) is 13.3 Å². The first kappa shape index (κ1) is 15.3. The number of nitrogens with zero attached hydrogens (tertiary/aromatic N) is 1. The molecule has 0 aliphatic carbocycles. The zero-order chi connectivity index (χ0) is 12.4. The highest BCUT2D eigenvalue weighted by Gasteiger charge is 2.12. The van der Waals surface area contributed by atoms with E-state index in [-0.39, 0.29) is 11.9 Å². The summed E-state index contributed by atoms with van der Waals surface area (Å²) >= 11 is 0. The molecular weight excluding hydrogens is 208 g/mol. The summed E-state index contributed by atoms with van der Waals surface area (Å²) in [6, 6.07) is -0.155. The minimum atomic E-state index is -0.155. The van der Waals surface area contributed by atoms with Crippen LogP contribution in [0.25, 0.3) is 0 Å². The topological polar surface area (TPSA) is 50.8 Å². The summed E-state index contributed by atoms with van der Waals surface area (Å²) in [5.74, 6) is 0.0828. The third kappa shape index (κ3) is 7.62. The van der Waals surface area contributed by atoms with Crippen molar-refractivity contribution in [3.63, 3.8) is 0 Å². The molecule has 1 N–H and O–H groups in total. The van der Waals surface area contributed by atoms with Crippen molar-refractivity contribution in [2.45, 2.75) is 19.4 Å². The molecule has 0 radical (unpaired) electrons. The van der Waals surface area contributed by atoms with Gasteiger partial charge in [0.1, 0.15) is 0 Å². The van der Waals surface area contributed by atoms with Gasteiger partial charge in [-0.15, -0.1) is 0 Å². The molecule has 1 unspecified atom stereocenters. The number of nitrogens with one attached hydrogen (secondary N) is 1. The van der Waals surface area contributed by atoms with Crippen LogP contribution in [0.5, 0.6) is 0 Å². The van der Waals surface area contributed by atoms with Crippen LogP contribution in [0.4, 0.5) is 0 Å². The molecule has 1 atom stereocenters. The molecule has 5 heteroatoms. The van der Waals surface area contributed by atoms with Crippen molar-refractivity contribution in [3.8, 4) is 0 Å². The molecule has 0 spiro atoms. The number of amides is 1. The SMILES string of the molecule is COCCCOCCNC(C)C(=O)N(C)C. The predicted octanol–water partition coefficient (Wildman–Crippen LogP) is 0.106. The predicted molar refractivity (Wildman–Crippen MR) is 63.5 cm³/mol. The van der Waals surface area contributed by atoms with Crippen LogP contribution in [0.3, 0.4) is 0 Å². The third-order valence-electron chi connectivity index (χ3n) is 2.15. The molecule has 0 heterocycles. The summed E-state index contributed by atoms with van der Waals surface area (Å²) in [5, 5.41) is 3.11. The Bertz CT molecular complexity index is 186. The van der Waals surface area contributed by atoms with Gasteiger partial charge in [-0.3, -0.25) is 4.79 Å². The second-order valence-electron chi connectivity index (χ2n) is 3.87. The van der Waals surface area contributed by atoms with Gasteiger partial charge in [0, 0.05) is 41.0 Å². The second kappa shape index (κ2) is 9.57. The first-order chi connectivity index (χ1) is 7.59. The van der Waals surface area contributed by atoms with Gasteiger partial charge >= 0.3 is 0 Å². The van der Waals surface area contributed by atoms with Crippen LogP contribution < -0.4 is 5.32 Å². The summed E-state index contributed by atoms with van der Waals surface area (Å²) in [6.45, 7) is 4.59. The van der Waals surface area contributed by atoms with E-state index in [4.69, 9.17) is 9.47 Å². The number of ether oxygens (including phenoxy) is 2. The monoisotopic (exact) mass is 232 g/mol. The van der Waals surface area contributed by atoms with E-state index < -0.39 is 0 Å². The van der Waals surface area contributed by atoms with E-state index in [2.05, 4.69) is 5.32 Å². The second-order valence-corrected chi connectivity index (χ2v) is 3.87. The summed E-state index contributed by atoms with van der Waals surface area (Å²) in [5.41, 5.74) is 0. The summed E-state index contributed by atoms with van der Waals surface area (Å²) < 4.78 is 10.3. The van der Waals surface area contributed by atoms with Crippen molar-refractivity contribution in [2.24, 2.45) is 0 Å². The number of hydrogen-bond acceptors (Lipinski definition) is 4. The number of carbonyl (C=O) groups excluding carboxylic acids is 1. The maximum Gasteiger partial charge on any atom is 0.238 e. The maximum absolute atomic E-state index is 11.5. The van der Waals surface area contributed by atoms with Crippen LogP contribution in [0.15, 0.2) is 0 Å². The zero-order valence-corrected chi connectivity index (χ0v) is 10.8. The molecule has 0 aliphatic rings. The fourth-order valence-electron chi connectivity index (χ4n) is 1.23. The average Bonchev–Trinajstić information content (AvgIpc) is 2.26. The minimum Gasteiger partial charge on any atom is -0.385 e. The van der Waals surface area contributed by atoms with Gasteiger partial charge in [0.15, 0.2) is 0 Å². The third-order valence-corrected chi connectivity index (χ3v) is 2.15. The zero-order valence-electron chi connectivity index (χ0n) is 10.8. The Morgan fingerprint density at radius 2 is 2.00 bits per heavy atom. The average molecular weight is 232 g/mol. The van der Waals surface area contributed by atoms with E-state index in [0.717, 1.165) is 13.0 Å². The van der Waals surface area contributed by atoms with E-state index in [9.17, 15) is 4.79 Å². The largest absolute Gasteiger partial charge is 0.385 e. The highest BCUT2D eigenvalue weighted by atomic mass is 16.5. The quantitative estimate of drug-likeness (QED) is 0.573. The standard InChI is InChI=1S/C11H24N2O3/c1-10(11(14)13(2)3)12-6-9-16-8-5-7-15-4/h10,12H,5-9H2,1-4H3. The van der Waals surface area contributed by atoms with Gasteiger partial charge in [-0.05, 0) is 13.3 Å². The van der Waals surface area contributed by atoms with Crippen LogP contribution >= 0.6 is 0 Å². The lowest BCUT2D eigenvalue weighted by molar-refractivity contribution is -0.130. The van der Waals surface area contributed by atoms with E-state index in [1.54, 1.807) is 26.1 Å². The first-order valence-electron chi connectivity index (χ1n) is 5.60. The van der Waals surface area contributed by atoms with Crippen LogP contribution in [0.2, 0.25) is 0 Å². The summed E-state index contributed by atoms with van der Waals surface area (Å²) in [4.78, 5) is 13.0. The maximum atomic E-state index is 11.5. The van der Waals surface area contributed by atoms with E-state index in [1.165, 1.54) is 0 Å². The van der Waals surface area contributed by atoms with Crippen molar-refractivity contribution in [2.75, 3.05) is 47.6 Å². The van der Waals surface area contributed by atoms with Gasteiger partial charge < -0.3 is 19.7 Å². The highest BCUT2D eigenvalue weighted by Crippen LogP contribution is 1.88. The van der Waals surface area contributed by atoms with Gasteiger partial charge in [-0.2, -0.15) is 0 Å². The molecule has 0 fully saturated rings. The molecular formula is C11H24N2O3. The lowest BCUT2D eigenvalue weighted by atomic mass is 10.3. The Hall–Kier alpha value is -0.650. The molecule has 0 saturated heterocycles. The molecule has 5 nitrogen and oxygen atoms in total. The minimum absolute atomic E-state index is 0.0828. The van der Waals surface area contributed by atoms with Crippen LogP contribution in [-0.2, 0) is 14.3 Å². The highest BCUT2D eigenvalue weighted by molar-refractivity contribution is 5.80. The molecule has 16 heavy (non-hydrogen) atoms. The van der Waals surface area contributed by atoms with Crippen LogP contribution in [0, 0.1) is 0 Å². The molecule has 0 saturated carbocycles. The number of likely N-dealkylation sites (N-methyl/N-ethyl adjacent to an activating group) is 1. The molecule has 0 bridgehead atoms. The fourth-order valence-corrected chi connectivity index (χ4v) is 1.23. The van der Waals surface area contributed by atoms with Crippen molar-refractivity contribution < 1.29 is 14.3 Å². The number of hydrogen-bond donors (Lipinski definition) is 1. The summed E-state index contributed by atoms with van der Waals surface area (Å²) in [7, 11) is 5.18. The normalized spacial score (nSPS) is 12.5. The lowest BCUT2D eigenvalue weighted by Gasteiger charge is -2.17. The van der Waals surface area contributed by atoms with E-state index in [1.807, 2.05) is 6.92 Å². The Morgan fingerprint density at radius 3 is 2.56 bits per heavy atom. The lowest BCUT2D eigenvalue weighted by Crippen LogP contribution is -2.42. The Balaban J connectivity index is 3.34. The fraction of sp³-hybridized carbons (Fsp3) is 0.909. The van der Waals surface area contributed by atoms with Crippen molar-refractivity contribution in [1.29, 1.82) is 0 Å². The van der Waals surface area contributed by atoms with Gasteiger partial charge in [0.25, 0.3) is 0 Å². The molecule has 0 aromatic carbocycles. The number of rotatable bonds is 9. The van der Waals surface area contributed by atoms with E-state index >= 15 is 0 Å². The van der Waals surface area contributed by atoms with Crippen molar-refractivity contribution >= 4 is 5.91 Å². The smallest absolute Gasteiger partial charge is 0.238 e. The Morgan fingerprint density at radius 1 is 1.31 bits per heavy atom. The molecule has 0 aromatic rings. The molecule has 0 aromatic heterocycles. The molecule has 1 amide bonds. The van der Waals surface area contributed by atoms with Gasteiger partial charge in [0.2, 0.25) is 5.91 Å². The summed E-state index contributed by atoms with van der Waals surface area (Å²) in [6.07, 6.45) is 0.905. The molecule has 0 aliphatic heterocycles. The van der Waals surface area contributed by atoms with Gasteiger partial charge in [0.05, 0.1) is 12.6 Å². The van der Waals surface area contributed by atoms with Gasteiger partial charge in [-0.25, -0.2) is 0 Å². The van der Waals surface area contributed by atoms with Crippen molar-refractivity contribution in [3.05, 3.63) is 0 Å². The van der Waals surface area contributed by atoms with E-state index in [0.29, 0.717) is 19.8 Å². The first-order valence-corrected chi connectivity index (χ1v) is 5.60.